The van der Waals surface area contributed by atoms with E-state index in [-0.39, 0.29) is 12.4 Å². The van der Waals surface area contributed by atoms with Crippen LogP contribution in [0.3, 0.4) is 0 Å². The third-order valence-corrected chi connectivity index (χ3v) is 4.80. The minimum Gasteiger partial charge on any atom is -0.407 e. The molecule has 22 heavy (non-hydrogen) atoms. The molecule has 0 bridgehead atoms. The van der Waals surface area contributed by atoms with E-state index >= 15 is 0 Å². The summed E-state index contributed by atoms with van der Waals surface area (Å²) in [4.78, 5) is 13.2. The van der Waals surface area contributed by atoms with Gasteiger partial charge in [0, 0.05) is 17.0 Å². The van der Waals surface area contributed by atoms with Crippen LogP contribution >= 0.6 is 11.3 Å². The SMILES string of the molecule is Nc1sc2c(c1OC(=O)NCc1ccc(F)cc1)CCCC2. The average Bonchev–Trinajstić information content (AvgIpc) is 2.83. The quantitative estimate of drug-likeness (QED) is 0.907. The normalized spacial score (nSPS) is 13.5. The molecule has 2 aromatic rings. The van der Waals surface area contributed by atoms with E-state index in [9.17, 15) is 9.18 Å². The molecule has 0 saturated heterocycles. The molecule has 0 aliphatic heterocycles. The molecule has 0 saturated carbocycles. The second-order valence-corrected chi connectivity index (χ2v) is 6.41. The molecular weight excluding hydrogens is 303 g/mol. The Bertz CT molecular complexity index is 682. The van der Waals surface area contributed by atoms with E-state index in [0.29, 0.717) is 10.8 Å². The molecule has 4 nitrogen and oxygen atoms in total. The molecule has 3 rings (SSSR count). The Morgan fingerprint density at radius 1 is 1.27 bits per heavy atom. The average molecular weight is 320 g/mol. The first-order valence-electron chi connectivity index (χ1n) is 7.23. The summed E-state index contributed by atoms with van der Waals surface area (Å²) in [5, 5.41) is 3.22. The lowest BCUT2D eigenvalue weighted by Gasteiger charge is -2.13. The molecule has 116 valence electrons. The van der Waals surface area contributed by atoms with Gasteiger partial charge in [-0.2, -0.15) is 0 Å². The van der Waals surface area contributed by atoms with E-state index in [2.05, 4.69) is 5.32 Å². The van der Waals surface area contributed by atoms with E-state index in [1.807, 2.05) is 0 Å². The highest BCUT2D eigenvalue weighted by Gasteiger charge is 2.22. The first-order valence-corrected chi connectivity index (χ1v) is 8.05. The summed E-state index contributed by atoms with van der Waals surface area (Å²) in [5.41, 5.74) is 7.84. The van der Waals surface area contributed by atoms with Gasteiger partial charge in [-0.3, -0.25) is 0 Å². The van der Waals surface area contributed by atoms with Crippen LogP contribution < -0.4 is 15.8 Å². The zero-order chi connectivity index (χ0) is 15.5. The molecule has 6 heteroatoms. The number of nitrogen functional groups attached to an aromatic ring is 1. The number of benzene rings is 1. The second kappa shape index (κ2) is 6.36. The molecule has 1 aliphatic rings. The van der Waals surface area contributed by atoms with Gasteiger partial charge < -0.3 is 15.8 Å². The van der Waals surface area contributed by atoms with Crippen molar-refractivity contribution in [3.05, 3.63) is 46.1 Å². The van der Waals surface area contributed by atoms with Gasteiger partial charge in [0.1, 0.15) is 10.8 Å². The number of aryl methyl sites for hydroxylation is 1. The minimum absolute atomic E-state index is 0.283. The first-order chi connectivity index (χ1) is 10.6. The number of amides is 1. The summed E-state index contributed by atoms with van der Waals surface area (Å²) in [6.07, 6.45) is 3.62. The maximum Gasteiger partial charge on any atom is 0.412 e. The number of anilines is 1. The monoisotopic (exact) mass is 320 g/mol. The number of nitrogens with one attached hydrogen (secondary N) is 1. The number of ether oxygens (including phenoxy) is 1. The maximum absolute atomic E-state index is 12.8. The Morgan fingerprint density at radius 3 is 2.77 bits per heavy atom. The van der Waals surface area contributed by atoms with Crippen LogP contribution in [-0.4, -0.2) is 6.09 Å². The van der Waals surface area contributed by atoms with E-state index in [0.717, 1.165) is 36.8 Å². The summed E-state index contributed by atoms with van der Waals surface area (Å²) in [7, 11) is 0. The van der Waals surface area contributed by atoms with E-state index in [1.165, 1.54) is 28.3 Å². The Hall–Kier alpha value is -2.08. The lowest BCUT2D eigenvalue weighted by atomic mass is 9.99. The third kappa shape index (κ3) is 3.22. The molecule has 1 amide bonds. The van der Waals surface area contributed by atoms with Crippen molar-refractivity contribution in [1.82, 2.24) is 5.32 Å². The standard InChI is InChI=1S/C16H17FN2O2S/c17-11-7-5-10(6-8-11)9-19-16(20)21-14-12-3-1-2-4-13(12)22-15(14)18/h5-8H,1-4,9,18H2,(H,19,20). The summed E-state index contributed by atoms with van der Waals surface area (Å²) in [6, 6.07) is 5.96. The smallest absolute Gasteiger partial charge is 0.407 e. The molecule has 1 aromatic carbocycles. The van der Waals surface area contributed by atoms with Gasteiger partial charge in [0.2, 0.25) is 0 Å². The van der Waals surface area contributed by atoms with Gasteiger partial charge in [0.05, 0.1) is 0 Å². The van der Waals surface area contributed by atoms with Crippen LogP contribution in [0.2, 0.25) is 0 Å². The highest BCUT2D eigenvalue weighted by Crippen LogP contribution is 2.41. The van der Waals surface area contributed by atoms with Crippen molar-refractivity contribution < 1.29 is 13.9 Å². The van der Waals surface area contributed by atoms with E-state index in [1.54, 1.807) is 12.1 Å². The number of fused-ring (bicyclic) bond motifs is 1. The molecule has 1 aromatic heterocycles. The van der Waals surface area contributed by atoms with Crippen molar-refractivity contribution in [2.75, 3.05) is 5.73 Å². The summed E-state index contributed by atoms with van der Waals surface area (Å²) in [6.45, 7) is 0.283. The number of hydrogen-bond acceptors (Lipinski definition) is 4. The van der Waals surface area contributed by atoms with Gasteiger partial charge in [-0.05, 0) is 43.4 Å². The number of carbonyl (C=O) groups is 1. The fourth-order valence-corrected chi connectivity index (χ4v) is 3.66. The van der Waals surface area contributed by atoms with Crippen LogP contribution in [0.4, 0.5) is 14.2 Å². The van der Waals surface area contributed by atoms with Gasteiger partial charge in [0.25, 0.3) is 0 Å². The van der Waals surface area contributed by atoms with Crippen LogP contribution in [0.15, 0.2) is 24.3 Å². The molecule has 0 spiro atoms. The van der Waals surface area contributed by atoms with Crippen molar-refractivity contribution in [1.29, 1.82) is 0 Å². The van der Waals surface area contributed by atoms with Gasteiger partial charge in [-0.15, -0.1) is 11.3 Å². The van der Waals surface area contributed by atoms with Crippen LogP contribution in [0.25, 0.3) is 0 Å². The molecule has 0 fully saturated rings. The minimum atomic E-state index is -0.540. The molecule has 0 radical (unpaired) electrons. The van der Waals surface area contributed by atoms with Crippen LogP contribution in [-0.2, 0) is 19.4 Å². The Morgan fingerprint density at radius 2 is 2.00 bits per heavy atom. The van der Waals surface area contributed by atoms with Gasteiger partial charge in [0.15, 0.2) is 5.75 Å². The topological polar surface area (TPSA) is 64.3 Å². The summed E-state index contributed by atoms with van der Waals surface area (Å²) >= 11 is 1.51. The van der Waals surface area contributed by atoms with Crippen LogP contribution in [0.5, 0.6) is 5.75 Å². The second-order valence-electron chi connectivity index (χ2n) is 5.27. The summed E-state index contributed by atoms with van der Waals surface area (Å²) in [5.74, 6) is 0.209. The maximum atomic E-state index is 12.8. The molecule has 0 atom stereocenters. The number of carbonyl (C=O) groups excluding carboxylic acids is 1. The summed E-state index contributed by atoms with van der Waals surface area (Å²) < 4.78 is 18.2. The number of thiophene rings is 1. The zero-order valence-electron chi connectivity index (χ0n) is 12.0. The third-order valence-electron chi connectivity index (χ3n) is 3.69. The highest BCUT2D eigenvalue weighted by atomic mass is 32.1. The molecule has 3 N–H and O–H groups in total. The fraction of sp³-hybridized carbons (Fsp3) is 0.312. The Labute approximate surface area is 132 Å². The molecule has 0 unspecified atom stereocenters. The fourth-order valence-electron chi connectivity index (χ4n) is 2.58. The lowest BCUT2D eigenvalue weighted by Crippen LogP contribution is -2.26. The number of hydrogen-bond donors (Lipinski definition) is 2. The largest absolute Gasteiger partial charge is 0.412 e. The van der Waals surface area contributed by atoms with Gasteiger partial charge >= 0.3 is 6.09 Å². The number of rotatable bonds is 3. The predicted octanol–water partition coefficient (Wildman–Crippen LogP) is 3.64. The number of nitrogens with two attached hydrogens (primary N) is 1. The predicted molar refractivity (Wildman–Crippen MR) is 84.6 cm³/mol. The lowest BCUT2D eigenvalue weighted by molar-refractivity contribution is 0.200. The number of halogens is 1. The molecule has 1 aliphatic carbocycles. The first kappa shape index (κ1) is 14.8. The highest BCUT2D eigenvalue weighted by molar-refractivity contribution is 7.16. The van der Waals surface area contributed by atoms with Gasteiger partial charge in [-0.25, -0.2) is 9.18 Å². The Balaban J connectivity index is 1.62. The van der Waals surface area contributed by atoms with Crippen molar-refractivity contribution in [2.24, 2.45) is 0 Å². The molecule has 1 heterocycles. The van der Waals surface area contributed by atoms with Crippen molar-refractivity contribution >= 4 is 22.4 Å². The molecular formula is C16H17FN2O2S. The van der Waals surface area contributed by atoms with E-state index in [4.69, 9.17) is 10.5 Å². The zero-order valence-corrected chi connectivity index (χ0v) is 12.8. The van der Waals surface area contributed by atoms with Crippen molar-refractivity contribution in [3.8, 4) is 5.75 Å². The van der Waals surface area contributed by atoms with Crippen molar-refractivity contribution in [3.63, 3.8) is 0 Å². The van der Waals surface area contributed by atoms with Crippen LogP contribution in [0, 0.1) is 5.82 Å². The van der Waals surface area contributed by atoms with Crippen LogP contribution in [0.1, 0.15) is 28.8 Å². The van der Waals surface area contributed by atoms with Crippen molar-refractivity contribution in [2.45, 2.75) is 32.2 Å². The van der Waals surface area contributed by atoms with Gasteiger partial charge in [-0.1, -0.05) is 12.1 Å². The van der Waals surface area contributed by atoms with E-state index < -0.39 is 6.09 Å². The Kier molecular flexibility index (Phi) is 4.29.